The van der Waals surface area contributed by atoms with Crippen LogP contribution in [0.4, 0.5) is 0 Å². The molecule has 0 spiro atoms. The van der Waals surface area contributed by atoms with E-state index in [1.807, 2.05) is 0 Å². The Balaban J connectivity index is 1.58. The van der Waals surface area contributed by atoms with Crippen LogP contribution in [0.3, 0.4) is 0 Å². The van der Waals surface area contributed by atoms with E-state index in [1.165, 1.54) is 0 Å². The van der Waals surface area contributed by atoms with E-state index in [4.69, 9.17) is 41.9 Å². The van der Waals surface area contributed by atoms with Crippen molar-refractivity contribution in [2.75, 3.05) is 32.8 Å². The molecule has 0 aromatic carbocycles. The second-order valence-corrected chi connectivity index (χ2v) is 11.5. The average Bonchev–Trinajstić information content (AvgIpc) is 2.96. The number of amides is 1. The molecule has 1 aliphatic carbocycles. The zero-order valence-corrected chi connectivity index (χ0v) is 23.5. The number of rotatable bonds is 11. The normalized spacial score (nSPS) is 46.6. The minimum atomic E-state index is -1.65. The highest BCUT2D eigenvalue weighted by atomic mass is 16.7. The smallest absolute Gasteiger partial charge is 0.250 e. The Morgan fingerprint density at radius 1 is 0.907 bits per heavy atom. The van der Waals surface area contributed by atoms with Crippen molar-refractivity contribution in [3.05, 3.63) is 0 Å². The largest absolute Gasteiger partial charge is 0.394 e. The zero-order chi connectivity index (χ0) is 31.6. The van der Waals surface area contributed by atoms with Crippen molar-refractivity contribution in [1.29, 1.82) is 0 Å². The van der Waals surface area contributed by atoms with Gasteiger partial charge in [-0.1, -0.05) is 0 Å². The van der Waals surface area contributed by atoms with Gasteiger partial charge in [-0.25, -0.2) is 0 Å². The van der Waals surface area contributed by atoms with Gasteiger partial charge in [0.25, 0.3) is 0 Å². The highest BCUT2D eigenvalue weighted by Gasteiger charge is 2.53. The maximum atomic E-state index is 12.6. The first-order chi connectivity index (χ1) is 20.4. The Bertz CT molecular complexity index is 909. The van der Waals surface area contributed by atoms with Gasteiger partial charge >= 0.3 is 0 Å². The van der Waals surface area contributed by atoms with Gasteiger partial charge < -0.3 is 93.6 Å². The van der Waals surface area contributed by atoms with Crippen molar-refractivity contribution in [2.45, 2.75) is 110 Å². The maximum Gasteiger partial charge on any atom is 0.250 e. The number of carbonyl (C=O) groups is 1. The van der Waals surface area contributed by atoms with Crippen LogP contribution in [0.5, 0.6) is 0 Å². The van der Waals surface area contributed by atoms with Crippen LogP contribution >= 0.6 is 0 Å². The van der Waals surface area contributed by atoms with Gasteiger partial charge in [-0.3, -0.25) is 4.79 Å². The molecule has 1 unspecified atom stereocenters. The van der Waals surface area contributed by atoms with Crippen LogP contribution in [0.1, 0.15) is 6.42 Å². The molecule has 19 heteroatoms. The lowest BCUT2D eigenvalue weighted by molar-refractivity contribution is -0.321. The number of ether oxygens (including phenoxy) is 4. The molecular weight excluding hydrogens is 578 g/mol. The van der Waals surface area contributed by atoms with Crippen molar-refractivity contribution in [3.63, 3.8) is 0 Å². The molecule has 18 N–H and O–H groups in total. The third kappa shape index (κ3) is 7.45. The van der Waals surface area contributed by atoms with Crippen LogP contribution in [0.2, 0.25) is 0 Å². The minimum Gasteiger partial charge on any atom is -0.394 e. The Morgan fingerprint density at radius 3 is 2.14 bits per heavy atom. The molecule has 250 valence electrons. The molecule has 3 heterocycles. The molecule has 4 rings (SSSR count). The zero-order valence-electron chi connectivity index (χ0n) is 23.5. The van der Waals surface area contributed by atoms with Crippen LogP contribution in [-0.4, -0.2) is 178 Å². The lowest BCUT2D eigenvalue weighted by atomic mass is 9.83. The SMILES string of the molecule is NC[C@H](O)C(=O)N[C@@H]1C[C@H](N)C(O[C@H]2O[C@H](CN)[C@@H](O)[C@H](O)[C@H]2NC2CNC2)[C@H](O)[C@H]1O[C@H]1O[C@H](CO)[C@@H](O)[C@H](N)[C@H]1O. The van der Waals surface area contributed by atoms with Crippen molar-refractivity contribution in [2.24, 2.45) is 22.9 Å². The monoisotopic (exact) mass is 625 g/mol. The van der Waals surface area contributed by atoms with Crippen LogP contribution in [0.15, 0.2) is 0 Å². The van der Waals surface area contributed by atoms with Crippen molar-refractivity contribution in [1.82, 2.24) is 16.0 Å². The summed E-state index contributed by atoms with van der Waals surface area (Å²) in [6.45, 7) is 0.000645. The molecule has 4 aliphatic rings. The molecule has 16 atom stereocenters. The first-order valence-corrected chi connectivity index (χ1v) is 14.4. The Hall–Kier alpha value is -1.21. The fourth-order valence-corrected chi connectivity index (χ4v) is 5.76. The lowest BCUT2D eigenvalue weighted by Crippen LogP contribution is -2.72. The number of carbonyl (C=O) groups excluding carboxylic acids is 1. The minimum absolute atomic E-state index is 0.0606. The van der Waals surface area contributed by atoms with Crippen LogP contribution in [-0.2, 0) is 23.7 Å². The topological polar surface area (TPSA) is 336 Å². The highest BCUT2D eigenvalue weighted by molar-refractivity contribution is 5.81. The number of aliphatic hydroxyl groups is 7. The molecule has 19 nitrogen and oxygen atoms in total. The van der Waals surface area contributed by atoms with Crippen LogP contribution in [0, 0.1) is 0 Å². The number of nitrogens with one attached hydrogen (secondary N) is 3. The molecule has 1 amide bonds. The molecular formula is C24H47N7O12. The van der Waals surface area contributed by atoms with E-state index in [0.717, 1.165) is 0 Å². The third-order valence-electron chi connectivity index (χ3n) is 8.53. The van der Waals surface area contributed by atoms with E-state index >= 15 is 0 Å². The molecule has 3 saturated heterocycles. The van der Waals surface area contributed by atoms with Gasteiger partial charge in [0.15, 0.2) is 12.6 Å². The number of nitrogens with two attached hydrogens (primary N) is 4. The first-order valence-electron chi connectivity index (χ1n) is 14.4. The van der Waals surface area contributed by atoms with Crippen LogP contribution < -0.4 is 38.9 Å². The summed E-state index contributed by atoms with van der Waals surface area (Å²) in [7, 11) is 0. The van der Waals surface area contributed by atoms with E-state index in [0.29, 0.717) is 13.1 Å². The summed E-state index contributed by atoms with van der Waals surface area (Å²) in [5, 5.41) is 82.3. The molecule has 0 aromatic heterocycles. The number of hydrogen-bond donors (Lipinski definition) is 14. The Labute approximate surface area is 247 Å². The summed E-state index contributed by atoms with van der Waals surface area (Å²) in [5.41, 5.74) is 23.5. The van der Waals surface area contributed by atoms with Gasteiger partial charge in [-0.15, -0.1) is 0 Å². The molecule has 1 saturated carbocycles. The Kier molecular flexibility index (Phi) is 12.0. The summed E-state index contributed by atoms with van der Waals surface area (Å²) in [6, 6.07) is -4.35. The fourth-order valence-electron chi connectivity index (χ4n) is 5.76. The van der Waals surface area contributed by atoms with Gasteiger partial charge in [0, 0.05) is 38.3 Å². The van der Waals surface area contributed by atoms with Gasteiger partial charge in [0.1, 0.15) is 61.0 Å². The molecule has 0 bridgehead atoms. The van der Waals surface area contributed by atoms with Crippen molar-refractivity contribution < 1.29 is 59.5 Å². The van der Waals surface area contributed by atoms with E-state index in [1.54, 1.807) is 0 Å². The quantitative estimate of drug-likeness (QED) is 0.101. The molecule has 3 aliphatic heterocycles. The Morgan fingerprint density at radius 2 is 1.56 bits per heavy atom. The van der Waals surface area contributed by atoms with Gasteiger partial charge in [-0.2, -0.15) is 0 Å². The molecule has 0 radical (unpaired) electrons. The molecule has 43 heavy (non-hydrogen) atoms. The second-order valence-electron chi connectivity index (χ2n) is 11.5. The maximum absolute atomic E-state index is 12.6. The fraction of sp³-hybridized carbons (Fsp3) is 0.958. The summed E-state index contributed by atoms with van der Waals surface area (Å²) < 4.78 is 23.5. The lowest BCUT2D eigenvalue weighted by Gasteiger charge is -2.50. The molecule has 4 fully saturated rings. The highest BCUT2D eigenvalue weighted by Crippen LogP contribution is 2.32. The van der Waals surface area contributed by atoms with E-state index < -0.39 is 110 Å². The summed E-state index contributed by atoms with van der Waals surface area (Å²) in [5.74, 6) is -0.873. The van der Waals surface area contributed by atoms with Crippen molar-refractivity contribution in [3.8, 4) is 0 Å². The van der Waals surface area contributed by atoms with E-state index in [-0.39, 0.29) is 25.6 Å². The first kappa shape index (κ1) is 34.7. The predicted molar refractivity (Wildman–Crippen MR) is 144 cm³/mol. The average molecular weight is 626 g/mol. The summed E-state index contributed by atoms with van der Waals surface area (Å²) in [4.78, 5) is 12.6. The van der Waals surface area contributed by atoms with Gasteiger partial charge in [-0.05, 0) is 6.42 Å². The second kappa shape index (κ2) is 14.9. The standard InChI is InChI=1S/C24H47N7O12/c25-2-10(33)22(39)31-9-1-8(27)20(19(38)21(9)43-24-17(36)13(28)15(34)12(6-32)41-24)42-23-14(30-7-4-29-5-7)18(37)16(35)11(3-26)40-23/h7-21,23-24,29-30,32-38H,1-6,25-28H2,(H,31,39)/t8-,9+,10-,11+,12+,13-,14+,15+,16+,17+,18+,19-,20?,21-,23+,24+/m0/s1. The number of aliphatic hydroxyl groups excluding tert-OH is 7. The van der Waals surface area contributed by atoms with E-state index in [9.17, 15) is 40.5 Å². The van der Waals surface area contributed by atoms with Crippen molar-refractivity contribution >= 4 is 5.91 Å². The number of hydrogen-bond acceptors (Lipinski definition) is 18. The van der Waals surface area contributed by atoms with Gasteiger partial charge in [0.2, 0.25) is 5.91 Å². The predicted octanol–water partition coefficient (Wildman–Crippen LogP) is -9.25. The molecule has 0 aromatic rings. The van der Waals surface area contributed by atoms with E-state index in [2.05, 4.69) is 16.0 Å². The third-order valence-corrected chi connectivity index (χ3v) is 8.53. The summed E-state index contributed by atoms with van der Waals surface area (Å²) >= 11 is 0. The summed E-state index contributed by atoms with van der Waals surface area (Å²) in [6.07, 6.45) is -16.7. The van der Waals surface area contributed by atoms with Gasteiger partial charge in [0.05, 0.1) is 24.7 Å². The van der Waals surface area contributed by atoms with Crippen LogP contribution in [0.25, 0.3) is 0 Å².